The van der Waals surface area contributed by atoms with Crippen molar-refractivity contribution in [3.8, 4) is 0 Å². The first kappa shape index (κ1) is 11.5. The van der Waals surface area contributed by atoms with Gasteiger partial charge < -0.3 is 9.84 Å². The van der Waals surface area contributed by atoms with E-state index in [1.54, 1.807) is 17.9 Å². The number of aromatic nitrogens is 3. The van der Waals surface area contributed by atoms with E-state index < -0.39 is 6.10 Å². The predicted molar refractivity (Wildman–Crippen MR) is 58.6 cm³/mol. The largest absolute Gasteiger partial charge is 0.386 e. The molecule has 2 heterocycles. The third kappa shape index (κ3) is 1.74. The molecule has 0 aromatic carbocycles. The van der Waals surface area contributed by atoms with Gasteiger partial charge in [-0.3, -0.25) is 0 Å². The second-order valence-corrected chi connectivity index (χ2v) is 4.71. The maximum absolute atomic E-state index is 10.4. The molecule has 1 aromatic rings. The van der Waals surface area contributed by atoms with Crippen LogP contribution in [0, 0.1) is 11.8 Å². The Bertz CT molecular complexity index is 366. The molecule has 0 bridgehead atoms. The van der Waals surface area contributed by atoms with Crippen LogP contribution in [0.3, 0.4) is 0 Å². The monoisotopic (exact) mass is 225 g/mol. The van der Waals surface area contributed by atoms with E-state index in [9.17, 15) is 5.11 Å². The molecule has 1 fully saturated rings. The van der Waals surface area contributed by atoms with E-state index in [1.165, 1.54) is 0 Å². The van der Waals surface area contributed by atoms with Gasteiger partial charge in [-0.2, -0.15) is 0 Å². The molecule has 0 spiro atoms. The van der Waals surface area contributed by atoms with Gasteiger partial charge in [-0.15, -0.1) is 5.10 Å². The molecule has 16 heavy (non-hydrogen) atoms. The quantitative estimate of drug-likeness (QED) is 0.812. The molecule has 1 aromatic heterocycles. The van der Waals surface area contributed by atoms with Gasteiger partial charge in [-0.1, -0.05) is 12.1 Å². The summed E-state index contributed by atoms with van der Waals surface area (Å²) < 4.78 is 7.35. The molecular formula is C11H19N3O2. The molecule has 0 saturated carbocycles. The molecule has 5 heteroatoms. The fourth-order valence-corrected chi connectivity index (χ4v) is 2.60. The Morgan fingerprint density at radius 1 is 1.38 bits per heavy atom. The van der Waals surface area contributed by atoms with Gasteiger partial charge in [-0.25, -0.2) is 4.68 Å². The van der Waals surface area contributed by atoms with Crippen molar-refractivity contribution in [3.63, 3.8) is 0 Å². The Labute approximate surface area is 95.4 Å². The molecule has 5 nitrogen and oxygen atoms in total. The number of aliphatic hydroxyl groups is 1. The van der Waals surface area contributed by atoms with Crippen LogP contribution in [0.5, 0.6) is 0 Å². The van der Waals surface area contributed by atoms with Gasteiger partial charge in [-0.05, 0) is 19.8 Å². The summed E-state index contributed by atoms with van der Waals surface area (Å²) in [6.07, 6.45) is 1.31. The van der Waals surface area contributed by atoms with Crippen LogP contribution in [-0.4, -0.2) is 32.3 Å². The molecule has 0 amide bonds. The van der Waals surface area contributed by atoms with E-state index >= 15 is 0 Å². The van der Waals surface area contributed by atoms with Crippen molar-refractivity contribution in [3.05, 3.63) is 11.9 Å². The Morgan fingerprint density at radius 3 is 2.50 bits per heavy atom. The number of aliphatic hydroxyl groups excluding tert-OH is 1. The summed E-state index contributed by atoms with van der Waals surface area (Å²) in [5, 5.41) is 18.0. The SMILES string of the molecule is CC1OC(C)C(C(O)c2cnnn2C)C1C. The third-order valence-electron chi connectivity index (χ3n) is 3.74. The first-order valence-corrected chi connectivity index (χ1v) is 5.70. The van der Waals surface area contributed by atoms with Crippen LogP contribution in [-0.2, 0) is 11.8 Å². The summed E-state index contributed by atoms with van der Waals surface area (Å²) >= 11 is 0. The smallest absolute Gasteiger partial charge is 0.103 e. The maximum atomic E-state index is 10.4. The molecule has 2 rings (SSSR count). The molecular weight excluding hydrogens is 206 g/mol. The lowest BCUT2D eigenvalue weighted by Crippen LogP contribution is -2.26. The van der Waals surface area contributed by atoms with Gasteiger partial charge >= 0.3 is 0 Å². The van der Waals surface area contributed by atoms with Crippen LogP contribution in [0.1, 0.15) is 32.6 Å². The molecule has 1 N–H and O–H groups in total. The number of aryl methyl sites for hydroxylation is 1. The van der Waals surface area contributed by atoms with Gasteiger partial charge in [0.2, 0.25) is 0 Å². The van der Waals surface area contributed by atoms with Crippen LogP contribution in [0.25, 0.3) is 0 Å². The molecule has 0 aliphatic carbocycles. The van der Waals surface area contributed by atoms with E-state index in [4.69, 9.17) is 4.74 Å². The standard InChI is InChI=1S/C11H19N3O2/c1-6-7(2)16-8(3)10(6)11(15)9-5-12-13-14(9)4/h5-8,10-11,15H,1-4H3. The lowest BCUT2D eigenvalue weighted by atomic mass is 9.84. The van der Waals surface area contributed by atoms with Crippen LogP contribution in [0.15, 0.2) is 6.20 Å². The van der Waals surface area contributed by atoms with Crippen molar-refractivity contribution in [2.24, 2.45) is 18.9 Å². The highest BCUT2D eigenvalue weighted by Gasteiger charge is 2.42. The minimum atomic E-state index is -0.560. The van der Waals surface area contributed by atoms with Crippen molar-refractivity contribution >= 4 is 0 Å². The van der Waals surface area contributed by atoms with Crippen LogP contribution in [0.2, 0.25) is 0 Å². The topological polar surface area (TPSA) is 60.2 Å². The Morgan fingerprint density at radius 2 is 2.06 bits per heavy atom. The molecule has 1 aliphatic heterocycles. The Hall–Kier alpha value is -0.940. The third-order valence-corrected chi connectivity index (χ3v) is 3.74. The minimum Gasteiger partial charge on any atom is -0.386 e. The van der Waals surface area contributed by atoms with Crippen molar-refractivity contribution in [2.75, 3.05) is 0 Å². The van der Waals surface area contributed by atoms with Gasteiger partial charge in [0.05, 0.1) is 24.1 Å². The van der Waals surface area contributed by atoms with Gasteiger partial charge in [0.15, 0.2) is 0 Å². The van der Waals surface area contributed by atoms with E-state index in [0.717, 1.165) is 5.69 Å². The highest BCUT2D eigenvalue weighted by atomic mass is 16.5. The highest BCUT2D eigenvalue weighted by molar-refractivity contribution is 5.04. The van der Waals surface area contributed by atoms with E-state index in [0.29, 0.717) is 5.92 Å². The number of hydrogen-bond acceptors (Lipinski definition) is 4. The molecule has 5 atom stereocenters. The van der Waals surface area contributed by atoms with Gasteiger partial charge in [0.25, 0.3) is 0 Å². The van der Waals surface area contributed by atoms with E-state index in [2.05, 4.69) is 24.2 Å². The first-order chi connectivity index (χ1) is 7.52. The van der Waals surface area contributed by atoms with E-state index in [1.807, 2.05) is 6.92 Å². The van der Waals surface area contributed by atoms with Crippen LogP contribution < -0.4 is 0 Å². The Balaban J connectivity index is 2.22. The minimum absolute atomic E-state index is 0.0647. The highest BCUT2D eigenvalue weighted by Crippen LogP contribution is 2.39. The maximum Gasteiger partial charge on any atom is 0.103 e. The summed E-state index contributed by atoms with van der Waals surface area (Å²) in [4.78, 5) is 0. The average molecular weight is 225 g/mol. The Kier molecular flexibility index (Phi) is 2.99. The fourth-order valence-electron chi connectivity index (χ4n) is 2.60. The summed E-state index contributed by atoms with van der Waals surface area (Å²) in [5.74, 6) is 0.437. The molecule has 1 aliphatic rings. The van der Waals surface area contributed by atoms with Crippen molar-refractivity contribution in [1.82, 2.24) is 15.0 Å². The summed E-state index contributed by atoms with van der Waals surface area (Å²) in [6, 6.07) is 0. The number of nitrogens with zero attached hydrogens (tertiary/aromatic N) is 3. The summed E-state index contributed by atoms with van der Waals surface area (Å²) in [6.45, 7) is 6.18. The van der Waals surface area contributed by atoms with Crippen molar-refractivity contribution < 1.29 is 9.84 Å². The normalized spacial score (nSPS) is 36.6. The van der Waals surface area contributed by atoms with E-state index in [-0.39, 0.29) is 18.1 Å². The van der Waals surface area contributed by atoms with Gasteiger partial charge in [0.1, 0.15) is 6.10 Å². The zero-order valence-electron chi connectivity index (χ0n) is 10.2. The molecule has 90 valence electrons. The number of rotatable bonds is 2. The first-order valence-electron chi connectivity index (χ1n) is 5.70. The second-order valence-electron chi connectivity index (χ2n) is 4.71. The number of ether oxygens (including phenoxy) is 1. The fraction of sp³-hybridized carbons (Fsp3) is 0.818. The average Bonchev–Trinajstić information content (AvgIpc) is 2.73. The van der Waals surface area contributed by atoms with Crippen LogP contribution >= 0.6 is 0 Å². The summed E-state index contributed by atoms with van der Waals surface area (Å²) in [7, 11) is 1.79. The van der Waals surface area contributed by atoms with Crippen molar-refractivity contribution in [1.29, 1.82) is 0 Å². The lowest BCUT2D eigenvalue weighted by molar-refractivity contribution is 0.0206. The predicted octanol–water partition coefficient (Wildman–Crippen LogP) is 0.908. The van der Waals surface area contributed by atoms with Crippen LogP contribution in [0.4, 0.5) is 0 Å². The molecule has 0 radical (unpaired) electrons. The zero-order chi connectivity index (χ0) is 11.9. The second kappa shape index (κ2) is 4.14. The zero-order valence-corrected chi connectivity index (χ0v) is 10.2. The molecule has 5 unspecified atom stereocenters. The summed E-state index contributed by atoms with van der Waals surface area (Å²) in [5.41, 5.74) is 0.751. The molecule has 1 saturated heterocycles. The number of hydrogen-bond donors (Lipinski definition) is 1. The van der Waals surface area contributed by atoms with Gasteiger partial charge in [0, 0.05) is 13.0 Å². The van der Waals surface area contributed by atoms with Crippen molar-refractivity contribution in [2.45, 2.75) is 39.1 Å². The lowest BCUT2D eigenvalue weighted by Gasteiger charge is -2.24.